The lowest BCUT2D eigenvalue weighted by Gasteiger charge is -2.09. The maximum atomic E-state index is 11.7. The van der Waals surface area contributed by atoms with Crippen molar-refractivity contribution in [2.75, 3.05) is 6.54 Å². The summed E-state index contributed by atoms with van der Waals surface area (Å²) in [6.45, 7) is 3.01. The third kappa shape index (κ3) is 9.02. The molecule has 1 aliphatic rings. The molecule has 0 atom stereocenters. The van der Waals surface area contributed by atoms with E-state index in [0.29, 0.717) is 0 Å². The Morgan fingerprint density at radius 2 is 2.09 bits per heavy atom. The summed E-state index contributed by atoms with van der Waals surface area (Å²) in [6.07, 6.45) is 23.0. The van der Waals surface area contributed by atoms with Crippen molar-refractivity contribution >= 4 is 5.91 Å². The van der Waals surface area contributed by atoms with Crippen LogP contribution in [0.3, 0.4) is 0 Å². The topological polar surface area (TPSA) is 20.3 Å². The second kappa shape index (κ2) is 12.7. The summed E-state index contributed by atoms with van der Waals surface area (Å²) in [5, 5.41) is 0. The van der Waals surface area contributed by atoms with Crippen LogP contribution in [0.1, 0.15) is 51.9 Å². The van der Waals surface area contributed by atoms with Crippen LogP contribution in [0.4, 0.5) is 0 Å². The molecule has 1 heterocycles. The van der Waals surface area contributed by atoms with Crippen molar-refractivity contribution in [3.63, 3.8) is 0 Å². The zero-order valence-corrected chi connectivity index (χ0v) is 13.6. The lowest BCUT2D eigenvalue weighted by atomic mass is 10.2. The van der Waals surface area contributed by atoms with Crippen LogP contribution in [-0.4, -0.2) is 17.4 Å². The molecule has 0 aromatic heterocycles. The fourth-order valence-electron chi connectivity index (χ4n) is 2.02. The number of hydrogen-bond donors (Lipinski definition) is 0. The van der Waals surface area contributed by atoms with Crippen LogP contribution in [0.5, 0.6) is 0 Å². The van der Waals surface area contributed by atoms with Crippen LogP contribution in [0.25, 0.3) is 0 Å². The van der Waals surface area contributed by atoms with Gasteiger partial charge in [0.05, 0.1) is 0 Å². The van der Waals surface area contributed by atoms with E-state index in [1.54, 1.807) is 11.0 Å². The Labute approximate surface area is 135 Å². The number of nitrogens with zero attached hydrogens (tertiary/aromatic N) is 1. The van der Waals surface area contributed by atoms with E-state index < -0.39 is 0 Å². The number of unbranched alkanes of at least 4 members (excludes halogenated alkanes) is 4. The van der Waals surface area contributed by atoms with Gasteiger partial charge in [-0.2, -0.15) is 0 Å². The van der Waals surface area contributed by atoms with Gasteiger partial charge in [-0.1, -0.05) is 62.0 Å². The summed E-state index contributed by atoms with van der Waals surface area (Å²) >= 11 is 0. The normalized spacial score (nSPS) is 14.3. The van der Waals surface area contributed by atoms with Gasteiger partial charge in [0.25, 0.3) is 0 Å². The molecule has 0 aliphatic carbocycles. The van der Waals surface area contributed by atoms with Crippen LogP contribution in [0, 0.1) is 11.8 Å². The number of amides is 1. The van der Waals surface area contributed by atoms with Crippen LogP contribution < -0.4 is 0 Å². The minimum atomic E-state index is 0.0796. The Bertz CT molecular complexity index is 486. The largest absolute Gasteiger partial charge is 0.316 e. The molecular weight excluding hydrogens is 270 g/mol. The van der Waals surface area contributed by atoms with E-state index in [1.807, 2.05) is 36.6 Å². The summed E-state index contributed by atoms with van der Waals surface area (Å²) in [5.74, 6) is 6.26. The predicted octanol–water partition coefficient (Wildman–Crippen LogP) is 4.76. The summed E-state index contributed by atoms with van der Waals surface area (Å²) in [6, 6.07) is 0. The van der Waals surface area contributed by atoms with Gasteiger partial charge >= 0.3 is 0 Å². The molecule has 0 spiro atoms. The number of allylic oxidation sites excluding steroid dienone is 5. The van der Waals surface area contributed by atoms with Gasteiger partial charge in [-0.3, -0.25) is 4.79 Å². The highest BCUT2D eigenvalue weighted by molar-refractivity contribution is 5.88. The van der Waals surface area contributed by atoms with Crippen molar-refractivity contribution < 1.29 is 4.79 Å². The highest BCUT2D eigenvalue weighted by atomic mass is 16.2. The van der Waals surface area contributed by atoms with Gasteiger partial charge in [-0.05, 0) is 37.8 Å². The molecule has 2 nitrogen and oxygen atoms in total. The van der Waals surface area contributed by atoms with Crippen molar-refractivity contribution in [2.24, 2.45) is 0 Å². The predicted molar refractivity (Wildman–Crippen MR) is 94.0 cm³/mol. The van der Waals surface area contributed by atoms with Crippen molar-refractivity contribution in [1.82, 2.24) is 4.90 Å². The van der Waals surface area contributed by atoms with Gasteiger partial charge < -0.3 is 4.90 Å². The van der Waals surface area contributed by atoms with Gasteiger partial charge in [0.2, 0.25) is 5.91 Å². The molecule has 0 saturated heterocycles. The Morgan fingerprint density at radius 1 is 1.23 bits per heavy atom. The highest BCUT2D eigenvalue weighted by Gasteiger charge is 2.09. The summed E-state index contributed by atoms with van der Waals surface area (Å²) in [4.78, 5) is 13.4. The van der Waals surface area contributed by atoms with Gasteiger partial charge in [0.1, 0.15) is 0 Å². The lowest BCUT2D eigenvalue weighted by molar-refractivity contribution is -0.123. The first-order chi connectivity index (χ1) is 10.8. The first-order valence-electron chi connectivity index (χ1n) is 8.28. The van der Waals surface area contributed by atoms with Crippen molar-refractivity contribution in [3.8, 4) is 11.8 Å². The Morgan fingerprint density at radius 3 is 2.86 bits per heavy atom. The number of carbonyl (C=O) groups is 1. The molecule has 0 bridgehead atoms. The second-order valence-electron chi connectivity index (χ2n) is 5.25. The highest BCUT2D eigenvalue weighted by Crippen LogP contribution is 2.05. The fraction of sp³-hybridized carbons (Fsp3) is 0.450. The van der Waals surface area contributed by atoms with E-state index in [4.69, 9.17) is 0 Å². The number of carbonyl (C=O) groups excluding carboxylic acids is 1. The molecule has 0 unspecified atom stereocenters. The SMILES string of the molecule is CCCCCC#CC=CC=CCCC=CC(=O)N1C=CCC1. The molecule has 0 saturated carbocycles. The molecule has 0 fully saturated rings. The Kier molecular flexibility index (Phi) is 10.4. The minimum Gasteiger partial charge on any atom is -0.316 e. The molecule has 22 heavy (non-hydrogen) atoms. The van der Waals surface area contributed by atoms with E-state index in [1.165, 1.54) is 19.3 Å². The molecule has 1 rings (SSSR count). The molecule has 0 aromatic rings. The van der Waals surface area contributed by atoms with Crippen LogP contribution in [-0.2, 0) is 4.79 Å². The molecular formula is C20H27NO. The summed E-state index contributed by atoms with van der Waals surface area (Å²) in [7, 11) is 0. The Balaban J connectivity index is 2.05. The molecule has 0 aromatic carbocycles. The lowest BCUT2D eigenvalue weighted by Crippen LogP contribution is -2.21. The van der Waals surface area contributed by atoms with Gasteiger partial charge in [0.15, 0.2) is 0 Å². The minimum absolute atomic E-state index is 0.0796. The van der Waals surface area contributed by atoms with Crippen molar-refractivity contribution in [2.45, 2.75) is 51.9 Å². The van der Waals surface area contributed by atoms with E-state index in [2.05, 4.69) is 24.8 Å². The van der Waals surface area contributed by atoms with Gasteiger partial charge in [-0.15, -0.1) is 0 Å². The molecule has 0 N–H and O–H groups in total. The number of rotatable bonds is 8. The average Bonchev–Trinajstić information content (AvgIpc) is 3.06. The van der Waals surface area contributed by atoms with E-state index in [9.17, 15) is 4.79 Å². The maximum absolute atomic E-state index is 11.7. The van der Waals surface area contributed by atoms with E-state index in [0.717, 1.165) is 32.2 Å². The van der Waals surface area contributed by atoms with Crippen LogP contribution >= 0.6 is 0 Å². The smallest absolute Gasteiger partial charge is 0.250 e. The third-order valence-electron chi connectivity index (χ3n) is 3.30. The van der Waals surface area contributed by atoms with Crippen molar-refractivity contribution in [1.29, 1.82) is 0 Å². The monoisotopic (exact) mass is 297 g/mol. The summed E-state index contributed by atoms with van der Waals surface area (Å²) in [5.41, 5.74) is 0. The fourth-order valence-corrected chi connectivity index (χ4v) is 2.02. The standard InChI is InChI=1S/C20H27NO/c1-2-3-4-5-6-7-8-9-10-11-12-13-14-17-20(22)21-18-15-16-19-21/h8-11,14-15,17-18H,2-5,12-13,16,19H2,1H3. The van der Waals surface area contributed by atoms with Crippen LogP contribution in [0.15, 0.2) is 48.7 Å². The maximum Gasteiger partial charge on any atom is 0.250 e. The molecule has 2 heteroatoms. The van der Waals surface area contributed by atoms with Gasteiger partial charge in [0, 0.05) is 19.2 Å². The quantitative estimate of drug-likeness (QED) is 0.274. The van der Waals surface area contributed by atoms with Gasteiger partial charge in [-0.25, -0.2) is 0 Å². The van der Waals surface area contributed by atoms with Crippen LogP contribution in [0.2, 0.25) is 0 Å². The van der Waals surface area contributed by atoms with E-state index >= 15 is 0 Å². The zero-order chi connectivity index (χ0) is 15.9. The third-order valence-corrected chi connectivity index (χ3v) is 3.30. The first kappa shape index (κ1) is 18.0. The summed E-state index contributed by atoms with van der Waals surface area (Å²) < 4.78 is 0. The molecule has 1 amide bonds. The second-order valence-corrected chi connectivity index (χ2v) is 5.25. The van der Waals surface area contributed by atoms with E-state index in [-0.39, 0.29) is 5.91 Å². The van der Waals surface area contributed by atoms with Crippen molar-refractivity contribution in [3.05, 3.63) is 48.7 Å². The molecule has 118 valence electrons. The number of hydrogen-bond acceptors (Lipinski definition) is 1. The first-order valence-corrected chi connectivity index (χ1v) is 8.28. The zero-order valence-electron chi connectivity index (χ0n) is 13.6. The Hall–Kier alpha value is -2.01. The molecule has 1 aliphatic heterocycles. The average molecular weight is 297 g/mol. The molecule has 0 radical (unpaired) electrons.